The lowest BCUT2D eigenvalue weighted by Crippen LogP contribution is -2.38. The highest BCUT2D eigenvalue weighted by atomic mass is 16.5. The molecular formula is C23H31N3O4. The third-order valence-corrected chi connectivity index (χ3v) is 4.94. The van der Waals surface area contributed by atoms with Crippen molar-refractivity contribution in [2.75, 3.05) is 46.0 Å². The van der Waals surface area contributed by atoms with Gasteiger partial charge in [-0.05, 0) is 49.7 Å². The van der Waals surface area contributed by atoms with E-state index in [2.05, 4.69) is 15.5 Å². The predicted molar refractivity (Wildman–Crippen MR) is 117 cm³/mol. The molecule has 2 amide bonds. The first-order valence-corrected chi connectivity index (χ1v) is 10.6. The smallest absolute Gasteiger partial charge is 0.258 e. The number of hydrogen-bond acceptors (Lipinski definition) is 5. The van der Waals surface area contributed by atoms with Crippen LogP contribution in [0.1, 0.15) is 30.6 Å². The standard InChI is InChI=1S/C23H31N3O4/c1-17(2)25-22(27)16-30-21-15-19-7-4-3-6-18(19)14-20(21)23(28)24-8-5-9-26-10-12-29-13-11-26/h3-4,6-7,14-15,17H,5,8-13,16H2,1-2H3,(H,24,28)(H,25,27). The summed E-state index contributed by atoms with van der Waals surface area (Å²) >= 11 is 0. The van der Waals surface area contributed by atoms with E-state index >= 15 is 0 Å². The van der Waals surface area contributed by atoms with E-state index in [1.807, 2.05) is 50.2 Å². The molecule has 2 aromatic carbocycles. The van der Waals surface area contributed by atoms with Gasteiger partial charge in [-0.2, -0.15) is 0 Å². The molecule has 1 aliphatic rings. The minimum atomic E-state index is -0.213. The molecule has 7 nitrogen and oxygen atoms in total. The van der Waals surface area contributed by atoms with Crippen LogP contribution in [0.3, 0.4) is 0 Å². The summed E-state index contributed by atoms with van der Waals surface area (Å²) in [5, 5.41) is 7.69. The molecule has 0 spiro atoms. The fraction of sp³-hybridized carbons (Fsp3) is 0.478. The highest BCUT2D eigenvalue weighted by molar-refractivity contribution is 6.01. The Morgan fingerprint density at radius 1 is 1.13 bits per heavy atom. The van der Waals surface area contributed by atoms with Crippen molar-refractivity contribution in [2.24, 2.45) is 0 Å². The number of carbonyl (C=O) groups is 2. The van der Waals surface area contributed by atoms with Crippen molar-refractivity contribution in [3.05, 3.63) is 42.0 Å². The van der Waals surface area contributed by atoms with E-state index in [1.165, 1.54) is 0 Å². The summed E-state index contributed by atoms with van der Waals surface area (Å²) in [5.41, 5.74) is 0.442. The van der Waals surface area contributed by atoms with Gasteiger partial charge in [0.1, 0.15) is 5.75 Å². The van der Waals surface area contributed by atoms with E-state index in [0.717, 1.165) is 50.0 Å². The van der Waals surface area contributed by atoms with E-state index in [1.54, 1.807) is 0 Å². The Kier molecular flexibility index (Phi) is 8.04. The first kappa shape index (κ1) is 22.1. The Hall–Kier alpha value is -2.64. The van der Waals surface area contributed by atoms with E-state index in [4.69, 9.17) is 9.47 Å². The largest absolute Gasteiger partial charge is 0.483 e. The summed E-state index contributed by atoms with van der Waals surface area (Å²) in [7, 11) is 0. The van der Waals surface area contributed by atoms with Crippen LogP contribution in [0, 0.1) is 0 Å². The molecule has 1 saturated heterocycles. The van der Waals surface area contributed by atoms with E-state index in [0.29, 0.717) is 17.9 Å². The lowest BCUT2D eigenvalue weighted by Gasteiger charge is -2.26. The van der Waals surface area contributed by atoms with Crippen molar-refractivity contribution in [3.63, 3.8) is 0 Å². The Balaban J connectivity index is 1.63. The van der Waals surface area contributed by atoms with Gasteiger partial charge in [-0.25, -0.2) is 0 Å². The lowest BCUT2D eigenvalue weighted by atomic mass is 10.1. The highest BCUT2D eigenvalue weighted by Crippen LogP contribution is 2.26. The molecule has 2 N–H and O–H groups in total. The third-order valence-electron chi connectivity index (χ3n) is 4.94. The molecule has 0 radical (unpaired) electrons. The van der Waals surface area contributed by atoms with Gasteiger partial charge in [-0.3, -0.25) is 14.5 Å². The summed E-state index contributed by atoms with van der Waals surface area (Å²) in [6.45, 7) is 8.59. The van der Waals surface area contributed by atoms with Crippen LogP contribution in [-0.2, 0) is 9.53 Å². The molecule has 0 bridgehead atoms. The van der Waals surface area contributed by atoms with Crippen molar-refractivity contribution in [2.45, 2.75) is 26.3 Å². The van der Waals surface area contributed by atoms with E-state index in [-0.39, 0.29) is 24.5 Å². The fourth-order valence-electron chi connectivity index (χ4n) is 3.45. The van der Waals surface area contributed by atoms with Gasteiger partial charge >= 0.3 is 0 Å². The molecule has 0 aliphatic carbocycles. The van der Waals surface area contributed by atoms with Gasteiger partial charge in [0.2, 0.25) is 0 Å². The second-order valence-corrected chi connectivity index (χ2v) is 7.77. The SMILES string of the molecule is CC(C)NC(=O)COc1cc2ccccc2cc1C(=O)NCCCN1CCOCC1. The third kappa shape index (κ3) is 6.43. The maximum atomic E-state index is 12.9. The van der Waals surface area contributed by atoms with Crippen LogP contribution in [0.25, 0.3) is 10.8 Å². The number of ether oxygens (including phenoxy) is 2. The van der Waals surface area contributed by atoms with Crippen LogP contribution in [0.15, 0.2) is 36.4 Å². The minimum Gasteiger partial charge on any atom is -0.483 e. The number of amides is 2. The first-order valence-electron chi connectivity index (χ1n) is 10.6. The number of nitrogens with one attached hydrogen (secondary N) is 2. The van der Waals surface area contributed by atoms with Crippen LogP contribution in [-0.4, -0.2) is 68.8 Å². The van der Waals surface area contributed by atoms with Gasteiger partial charge in [0.15, 0.2) is 6.61 Å². The van der Waals surface area contributed by atoms with Crippen LogP contribution in [0.4, 0.5) is 0 Å². The number of hydrogen-bond donors (Lipinski definition) is 2. The van der Waals surface area contributed by atoms with Gasteiger partial charge in [-0.1, -0.05) is 24.3 Å². The maximum absolute atomic E-state index is 12.9. The van der Waals surface area contributed by atoms with Crippen LogP contribution in [0.5, 0.6) is 5.75 Å². The van der Waals surface area contributed by atoms with E-state index < -0.39 is 0 Å². The summed E-state index contributed by atoms with van der Waals surface area (Å²) in [6.07, 6.45) is 0.867. The normalized spacial score (nSPS) is 14.6. The Morgan fingerprint density at radius 3 is 2.53 bits per heavy atom. The zero-order valence-corrected chi connectivity index (χ0v) is 17.8. The van der Waals surface area contributed by atoms with Crippen LogP contribution < -0.4 is 15.4 Å². The average molecular weight is 414 g/mol. The molecule has 2 aromatic rings. The zero-order chi connectivity index (χ0) is 21.3. The first-order chi connectivity index (χ1) is 14.5. The minimum absolute atomic E-state index is 0.0342. The maximum Gasteiger partial charge on any atom is 0.258 e. The number of morpholine rings is 1. The Labute approximate surface area is 177 Å². The van der Waals surface area contributed by atoms with Crippen molar-refractivity contribution in [1.29, 1.82) is 0 Å². The Morgan fingerprint density at radius 2 is 1.83 bits per heavy atom. The molecule has 0 saturated carbocycles. The summed E-state index contributed by atoms with van der Waals surface area (Å²) in [5.74, 6) is 0.00955. The molecule has 1 heterocycles. The van der Waals surface area contributed by atoms with Gasteiger partial charge < -0.3 is 20.1 Å². The second-order valence-electron chi connectivity index (χ2n) is 7.77. The topological polar surface area (TPSA) is 79.9 Å². The molecule has 1 aliphatic heterocycles. The number of carbonyl (C=O) groups excluding carboxylic acids is 2. The van der Waals surface area contributed by atoms with Gasteiger partial charge in [-0.15, -0.1) is 0 Å². The fourth-order valence-corrected chi connectivity index (χ4v) is 3.45. The molecule has 0 atom stereocenters. The molecule has 7 heteroatoms. The average Bonchev–Trinajstić information content (AvgIpc) is 2.74. The summed E-state index contributed by atoms with van der Waals surface area (Å²) in [6, 6.07) is 11.5. The van der Waals surface area contributed by atoms with Crippen molar-refractivity contribution in [1.82, 2.24) is 15.5 Å². The zero-order valence-electron chi connectivity index (χ0n) is 17.8. The molecule has 30 heavy (non-hydrogen) atoms. The van der Waals surface area contributed by atoms with Gasteiger partial charge in [0.05, 0.1) is 18.8 Å². The van der Waals surface area contributed by atoms with E-state index in [9.17, 15) is 9.59 Å². The summed E-state index contributed by atoms with van der Waals surface area (Å²) < 4.78 is 11.1. The molecule has 0 unspecified atom stereocenters. The predicted octanol–water partition coefficient (Wildman–Crippen LogP) is 2.20. The quantitative estimate of drug-likeness (QED) is 0.616. The van der Waals surface area contributed by atoms with Crippen LogP contribution >= 0.6 is 0 Å². The molecule has 1 fully saturated rings. The van der Waals surface area contributed by atoms with Gasteiger partial charge in [0.25, 0.3) is 11.8 Å². The second kappa shape index (κ2) is 10.9. The van der Waals surface area contributed by atoms with Crippen molar-refractivity contribution < 1.29 is 19.1 Å². The molecular weight excluding hydrogens is 382 g/mol. The molecule has 3 rings (SSSR count). The van der Waals surface area contributed by atoms with Crippen LogP contribution in [0.2, 0.25) is 0 Å². The lowest BCUT2D eigenvalue weighted by molar-refractivity contribution is -0.123. The van der Waals surface area contributed by atoms with Gasteiger partial charge in [0, 0.05) is 25.7 Å². The molecule has 162 valence electrons. The van der Waals surface area contributed by atoms with Crippen molar-refractivity contribution >= 4 is 22.6 Å². The molecule has 0 aromatic heterocycles. The highest BCUT2D eigenvalue weighted by Gasteiger charge is 2.16. The number of rotatable bonds is 9. The number of benzene rings is 2. The monoisotopic (exact) mass is 413 g/mol. The van der Waals surface area contributed by atoms with Crippen molar-refractivity contribution in [3.8, 4) is 5.75 Å². The Bertz CT molecular complexity index is 863. The number of nitrogens with zero attached hydrogens (tertiary/aromatic N) is 1. The number of fused-ring (bicyclic) bond motifs is 1. The summed E-state index contributed by atoms with van der Waals surface area (Å²) in [4.78, 5) is 27.2.